The van der Waals surface area contributed by atoms with Crippen molar-refractivity contribution < 1.29 is 23.9 Å². The van der Waals surface area contributed by atoms with Crippen LogP contribution in [0.25, 0.3) is 22.8 Å². The van der Waals surface area contributed by atoms with E-state index in [0.29, 0.717) is 50.6 Å². The zero-order valence-electron chi connectivity index (χ0n) is 25.2. The van der Waals surface area contributed by atoms with E-state index in [4.69, 9.17) is 9.47 Å². The number of hydrogen-bond acceptors (Lipinski definition) is 8. The third kappa shape index (κ3) is 6.25. The van der Waals surface area contributed by atoms with Gasteiger partial charge in [0.2, 0.25) is 11.8 Å². The van der Waals surface area contributed by atoms with Gasteiger partial charge < -0.3 is 19.7 Å². The van der Waals surface area contributed by atoms with Crippen molar-refractivity contribution in [3.05, 3.63) is 107 Å². The highest BCUT2D eigenvalue weighted by molar-refractivity contribution is 6.05. The minimum atomic E-state index is -0.632. The Bertz CT molecular complexity index is 1820. The molecule has 7 rings (SSSR count). The summed E-state index contributed by atoms with van der Waals surface area (Å²) in [6, 6.07) is 19.4. The second kappa shape index (κ2) is 12.9. The number of rotatable bonds is 11. The lowest BCUT2D eigenvalue weighted by Crippen LogP contribution is -2.52. The lowest BCUT2D eigenvalue weighted by Gasteiger charge is -2.29. The highest BCUT2D eigenvalue weighted by atomic mass is 16.5. The van der Waals surface area contributed by atoms with Crippen molar-refractivity contribution in [2.45, 2.75) is 31.8 Å². The van der Waals surface area contributed by atoms with Gasteiger partial charge in [-0.25, -0.2) is 4.98 Å². The number of anilines is 1. The summed E-state index contributed by atoms with van der Waals surface area (Å²) in [5.74, 6) is 0.494. The number of piperidine rings is 1. The molecule has 1 unspecified atom stereocenters. The van der Waals surface area contributed by atoms with Crippen LogP contribution in [-0.2, 0) is 27.3 Å². The van der Waals surface area contributed by atoms with E-state index in [9.17, 15) is 14.4 Å². The molecule has 10 nitrogen and oxygen atoms in total. The summed E-state index contributed by atoms with van der Waals surface area (Å²) in [6.07, 6.45) is 9.37. The first-order valence-corrected chi connectivity index (χ1v) is 15.4. The molecule has 2 aromatic carbocycles. The summed E-state index contributed by atoms with van der Waals surface area (Å²) in [5.41, 5.74) is 8.58. The molecule has 232 valence electrons. The van der Waals surface area contributed by atoms with Crippen LogP contribution in [0.2, 0.25) is 0 Å². The summed E-state index contributed by atoms with van der Waals surface area (Å²) in [4.78, 5) is 46.9. The Hall–Kier alpha value is -5.35. The Morgan fingerprint density at radius 3 is 2.54 bits per heavy atom. The van der Waals surface area contributed by atoms with Crippen molar-refractivity contribution in [3.63, 3.8) is 0 Å². The van der Waals surface area contributed by atoms with Crippen LogP contribution in [0, 0.1) is 0 Å². The molecule has 1 atom stereocenters. The zero-order valence-corrected chi connectivity index (χ0v) is 25.2. The van der Waals surface area contributed by atoms with Gasteiger partial charge in [0, 0.05) is 55.6 Å². The Morgan fingerprint density at radius 1 is 0.891 bits per heavy atom. The predicted molar refractivity (Wildman–Crippen MR) is 173 cm³/mol. The Morgan fingerprint density at radius 2 is 1.74 bits per heavy atom. The fourth-order valence-electron chi connectivity index (χ4n) is 6.11. The lowest BCUT2D eigenvalue weighted by molar-refractivity contribution is -0.136. The van der Waals surface area contributed by atoms with E-state index in [1.165, 1.54) is 27.2 Å². The molecule has 3 amide bonds. The Balaban J connectivity index is 0.818. The van der Waals surface area contributed by atoms with Gasteiger partial charge in [-0.2, -0.15) is 0 Å². The second-order valence-corrected chi connectivity index (χ2v) is 11.5. The molecular weight excluding hydrogens is 582 g/mol. The fourth-order valence-corrected chi connectivity index (χ4v) is 6.11. The van der Waals surface area contributed by atoms with Gasteiger partial charge in [-0.15, -0.1) is 0 Å². The van der Waals surface area contributed by atoms with Gasteiger partial charge in [0.25, 0.3) is 5.91 Å². The van der Waals surface area contributed by atoms with Crippen LogP contribution in [0.15, 0.2) is 79.3 Å². The number of imide groups is 1. The first-order chi connectivity index (χ1) is 22.5. The molecular formula is C36H33N5O5. The number of ether oxygens (including phenoxy) is 2. The lowest BCUT2D eigenvalue weighted by atomic mass is 10.0. The number of amides is 3. The van der Waals surface area contributed by atoms with Gasteiger partial charge in [0.1, 0.15) is 24.2 Å². The van der Waals surface area contributed by atoms with Crippen molar-refractivity contribution in [3.8, 4) is 16.9 Å². The van der Waals surface area contributed by atoms with Crippen LogP contribution < -0.4 is 15.4 Å². The average Bonchev–Trinajstić information content (AvgIpc) is 3.65. The third-order valence-electron chi connectivity index (χ3n) is 8.55. The number of fused-ring (bicyclic) bond motifs is 2. The molecule has 3 aliphatic rings. The third-order valence-corrected chi connectivity index (χ3v) is 8.55. The number of pyridine rings is 2. The number of nitrogens with one attached hydrogen (secondary N) is 2. The maximum absolute atomic E-state index is 12.8. The van der Waals surface area contributed by atoms with E-state index in [1.54, 1.807) is 12.1 Å². The summed E-state index contributed by atoms with van der Waals surface area (Å²) in [7, 11) is 0. The summed E-state index contributed by atoms with van der Waals surface area (Å²) < 4.78 is 11.5. The minimum absolute atomic E-state index is 0.201. The van der Waals surface area contributed by atoms with Gasteiger partial charge in [-0.05, 0) is 76.2 Å². The molecule has 4 aromatic rings. The average molecular weight is 616 g/mol. The van der Waals surface area contributed by atoms with Gasteiger partial charge in [-0.3, -0.25) is 24.7 Å². The topological polar surface area (TPSA) is 123 Å². The molecule has 2 aliphatic heterocycles. The summed E-state index contributed by atoms with van der Waals surface area (Å²) >= 11 is 0. The van der Waals surface area contributed by atoms with E-state index in [-0.39, 0.29) is 18.2 Å². The molecule has 0 bridgehead atoms. The number of carbonyl (C=O) groups excluding carboxylic acids is 3. The fraction of sp³-hybridized carbons (Fsp3) is 0.250. The Labute approximate surface area is 266 Å². The summed E-state index contributed by atoms with van der Waals surface area (Å²) in [6.45, 7) is 2.17. The van der Waals surface area contributed by atoms with Gasteiger partial charge in [0.15, 0.2) is 0 Å². The second-order valence-electron chi connectivity index (χ2n) is 11.5. The number of benzene rings is 2. The van der Waals surface area contributed by atoms with Crippen LogP contribution in [0.5, 0.6) is 5.75 Å². The van der Waals surface area contributed by atoms with Crippen LogP contribution in [-0.4, -0.2) is 65.0 Å². The van der Waals surface area contributed by atoms with Gasteiger partial charge in [0.05, 0.1) is 13.2 Å². The number of allylic oxidation sites excluding steroid dienone is 1. The standard InChI is InChI=1S/C36H33N5O5/c42-34-10-8-32(35(43)40-34)41-22-29-19-30(6-7-31(29)36(41)44)46-16-15-45-14-13-38-33-9-5-26(21-39-33)23-1-3-24(4-2-23)27-17-25-11-12-37-20-28(25)18-27/h1-7,9,11-12,17,19-21,32H,8,10,13-16,18,22H2,(H,38,39)(H,40,42,43). The molecule has 0 spiro atoms. The molecule has 2 aromatic heterocycles. The molecule has 4 heterocycles. The maximum atomic E-state index is 12.8. The first-order valence-electron chi connectivity index (χ1n) is 15.4. The van der Waals surface area contributed by atoms with Gasteiger partial charge in [-0.1, -0.05) is 30.3 Å². The van der Waals surface area contributed by atoms with E-state index in [1.807, 2.05) is 30.7 Å². The largest absolute Gasteiger partial charge is 0.491 e. The van der Waals surface area contributed by atoms with Crippen molar-refractivity contribution in [2.75, 3.05) is 31.7 Å². The summed E-state index contributed by atoms with van der Waals surface area (Å²) in [5, 5.41) is 5.60. The van der Waals surface area contributed by atoms with E-state index < -0.39 is 11.9 Å². The molecule has 1 saturated heterocycles. The quantitative estimate of drug-likeness (QED) is 0.187. The molecule has 1 fully saturated rings. The molecule has 10 heteroatoms. The zero-order chi connectivity index (χ0) is 31.5. The molecule has 1 aliphatic carbocycles. The SMILES string of the molecule is O=C1CCC(N2Cc3cc(OCCOCCNc4ccc(-c5ccc(C6=Cc7ccncc7C6)cc5)cn4)ccc3C2=O)C(=O)N1. The van der Waals surface area contributed by atoms with Crippen molar-refractivity contribution >= 4 is 35.2 Å². The van der Waals surface area contributed by atoms with E-state index in [2.05, 4.69) is 63.1 Å². The number of aromatic nitrogens is 2. The number of nitrogens with zero attached hydrogens (tertiary/aromatic N) is 3. The number of carbonyl (C=O) groups is 3. The smallest absolute Gasteiger partial charge is 0.255 e. The minimum Gasteiger partial charge on any atom is -0.491 e. The van der Waals surface area contributed by atoms with Crippen molar-refractivity contribution in [1.82, 2.24) is 20.2 Å². The normalized spacial score (nSPS) is 17.0. The molecule has 0 radical (unpaired) electrons. The Kier molecular flexibility index (Phi) is 8.26. The maximum Gasteiger partial charge on any atom is 0.255 e. The highest BCUT2D eigenvalue weighted by Crippen LogP contribution is 2.32. The predicted octanol–water partition coefficient (Wildman–Crippen LogP) is 4.51. The van der Waals surface area contributed by atoms with Crippen LogP contribution in [0.4, 0.5) is 5.82 Å². The molecule has 46 heavy (non-hydrogen) atoms. The van der Waals surface area contributed by atoms with E-state index in [0.717, 1.165) is 28.9 Å². The highest BCUT2D eigenvalue weighted by Gasteiger charge is 2.39. The van der Waals surface area contributed by atoms with Crippen LogP contribution in [0.1, 0.15) is 45.5 Å². The van der Waals surface area contributed by atoms with Crippen molar-refractivity contribution in [2.24, 2.45) is 0 Å². The molecule has 0 saturated carbocycles. The molecule has 2 N–H and O–H groups in total. The monoisotopic (exact) mass is 615 g/mol. The van der Waals surface area contributed by atoms with E-state index >= 15 is 0 Å². The van der Waals surface area contributed by atoms with Crippen molar-refractivity contribution in [1.29, 1.82) is 0 Å². The number of hydrogen-bond donors (Lipinski definition) is 2. The first kappa shape index (κ1) is 29.4. The van der Waals surface area contributed by atoms with Crippen LogP contribution >= 0.6 is 0 Å². The van der Waals surface area contributed by atoms with Crippen LogP contribution in [0.3, 0.4) is 0 Å². The van der Waals surface area contributed by atoms with Gasteiger partial charge >= 0.3 is 0 Å².